The van der Waals surface area contributed by atoms with Crippen LogP contribution in [0.1, 0.15) is 25.0 Å². The van der Waals surface area contributed by atoms with Crippen LogP contribution >= 0.6 is 11.6 Å². The lowest BCUT2D eigenvalue weighted by atomic mass is 9.98. The Morgan fingerprint density at radius 3 is 2.56 bits per heavy atom. The molecule has 0 spiro atoms. The number of hydrogen-bond donors (Lipinski definition) is 2. The first-order chi connectivity index (χ1) is 7.45. The molecule has 4 heteroatoms. The molecule has 0 aliphatic carbocycles. The molecule has 0 fully saturated rings. The third-order valence-corrected chi connectivity index (χ3v) is 2.93. The molecule has 1 atom stereocenters. The average Bonchev–Trinajstić information content (AvgIpc) is 2.22. The van der Waals surface area contributed by atoms with Gasteiger partial charge in [-0.15, -0.1) is 0 Å². The Balaban J connectivity index is 2.98. The van der Waals surface area contributed by atoms with E-state index in [0.29, 0.717) is 10.6 Å². The summed E-state index contributed by atoms with van der Waals surface area (Å²) in [7, 11) is 0. The number of carbonyl (C=O) groups is 1. The van der Waals surface area contributed by atoms with Crippen LogP contribution in [0.2, 0.25) is 5.02 Å². The zero-order valence-corrected chi connectivity index (χ0v) is 10.1. The maximum atomic E-state index is 10.7. The largest absolute Gasteiger partial charge is 0.508 e. The van der Waals surface area contributed by atoms with Gasteiger partial charge >= 0.3 is 5.97 Å². The molecule has 0 radical (unpaired) electrons. The van der Waals surface area contributed by atoms with Crippen LogP contribution in [0.15, 0.2) is 12.1 Å². The molecule has 0 aromatic heterocycles. The van der Waals surface area contributed by atoms with E-state index in [0.717, 1.165) is 12.0 Å². The summed E-state index contributed by atoms with van der Waals surface area (Å²) in [5.74, 6) is -1.29. The van der Waals surface area contributed by atoms with Gasteiger partial charge in [-0.1, -0.05) is 25.4 Å². The van der Waals surface area contributed by atoms with Crippen LogP contribution in [0.5, 0.6) is 5.75 Å². The fraction of sp³-hybridized carbons (Fsp3) is 0.417. The number of halogens is 1. The van der Waals surface area contributed by atoms with E-state index in [1.165, 1.54) is 0 Å². The third kappa shape index (κ3) is 2.89. The lowest BCUT2D eigenvalue weighted by Crippen LogP contribution is -2.12. The van der Waals surface area contributed by atoms with Crippen molar-refractivity contribution < 1.29 is 15.0 Å². The van der Waals surface area contributed by atoms with Crippen molar-refractivity contribution in [1.82, 2.24) is 0 Å². The number of phenols is 1. The number of carboxylic acid groups (broad SMARTS) is 1. The van der Waals surface area contributed by atoms with Gasteiger partial charge in [-0.2, -0.15) is 0 Å². The Bertz CT molecular complexity index is 401. The fourth-order valence-corrected chi connectivity index (χ4v) is 1.82. The predicted octanol–water partition coefficient (Wildman–Crippen LogP) is 2.87. The van der Waals surface area contributed by atoms with E-state index in [4.69, 9.17) is 16.7 Å². The molecule has 0 aliphatic heterocycles. The van der Waals surface area contributed by atoms with E-state index < -0.39 is 11.9 Å². The summed E-state index contributed by atoms with van der Waals surface area (Å²) >= 11 is 6.01. The summed E-state index contributed by atoms with van der Waals surface area (Å²) in [5.41, 5.74) is 1.45. The van der Waals surface area contributed by atoms with E-state index in [1.807, 2.05) is 6.92 Å². The van der Waals surface area contributed by atoms with Gasteiger partial charge in [0.2, 0.25) is 0 Å². The van der Waals surface area contributed by atoms with Gasteiger partial charge in [0.1, 0.15) is 5.75 Å². The van der Waals surface area contributed by atoms with Crippen LogP contribution in [0, 0.1) is 5.92 Å². The Morgan fingerprint density at radius 1 is 1.44 bits per heavy atom. The first kappa shape index (κ1) is 12.8. The van der Waals surface area contributed by atoms with Crippen molar-refractivity contribution in [2.45, 2.75) is 26.7 Å². The average molecular weight is 243 g/mol. The van der Waals surface area contributed by atoms with Crippen molar-refractivity contribution in [3.8, 4) is 5.75 Å². The number of aliphatic carboxylic acids is 1. The second-order valence-electron chi connectivity index (χ2n) is 3.87. The molecule has 0 saturated carbocycles. The van der Waals surface area contributed by atoms with E-state index in [-0.39, 0.29) is 12.2 Å². The van der Waals surface area contributed by atoms with Crippen LogP contribution in [0.25, 0.3) is 0 Å². The van der Waals surface area contributed by atoms with E-state index in [1.54, 1.807) is 19.1 Å². The normalized spacial score (nSPS) is 12.4. The molecule has 1 rings (SSSR count). The maximum Gasteiger partial charge on any atom is 0.306 e. The molecule has 1 unspecified atom stereocenters. The number of aromatic hydroxyl groups is 1. The fourth-order valence-electron chi connectivity index (χ4n) is 1.50. The van der Waals surface area contributed by atoms with Crippen molar-refractivity contribution in [3.63, 3.8) is 0 Å². The van der Waals surface area contributed by atoms with Crippen molar-refractivity contribution in [2.75, 3.05) is 0 Å². The molecular formula is C12H15ClO3. The van der Waals surface area contributed by atoms with Crippen LogP contribution in [0.3, 0.4) is 0 Å². The lowest BCUT2D eigenvalue weighted by Gasteiger charge is -2.11. The summed E-state index contributed by atoms with van der Waals surface area (Å²) in [6, 6.07) is 3.25. The van der Waals surface area contributed by atoms with Crippen LogP contribution < -0.4 is 0 Å². The minimum Gasteiger partial charge on any atom is -0.508 e. The second kappa shape index (κ2) is 5.21. The first-order valence-corrected chi connectivity index (χ1v) is 5.56. The monoisotopic (exact) mass is 242 g/mol. The zero-order valence-electron chi connectivity index (χ0n) is 9.33. The molecular weight excluding hydrogens is 228 g/mol. The Labute approximate surface area is 99.7 Å². The first-order valence-electron chi connectivity index (χ1n) is 5.18. The summed E-state index contributed by atoms with van der Waals surface area (Å²) in [4.78, 5) is 10.7. The van der Waals surface area contributed by atoms with Crippen molar-refractivity contribution >= 4 is 17.6 Å². The molecule has 2 N–H and O–H groups in total. The van der Waals surface area contributed by atoms with Crippen LogP contribution in [0.4, 0.5) is 0 Å². The SMILES string of the molecule is CCc1cc(O)c(CC(C)C(=O)O)cc1Cl. The van der Waals surface area contributed by atoms with E-state index >= 15 is 0 Å². The smallest absolute Gasteiger partial charge is 0.306 e. The van der Waals surface area contributed by atoms with Gasteiger partial charge in [-0.3, -0.25) is 4.79 Å². The van der Waals surface area contributed by atoms with Gasteiger partial charge < -0.3 is 10.2 Å². The molecule has 1 aromatic carbocycles. The highest BCUT2D eigenvalue weighted by Gasteiger charge is 2.15. The zero-order chi connectivity index (χ0) is 12.3. The molecule has 0 aliphatic rings. The van der Waals surface area contributed by atoms with Crippen LogP contribution in [-0.2, 0) is 17.6 Å². The van der Waals surface area contributed by atoms with E-state index in [9.17, 15) is 9.90 Å². The summed E-state index contributed by atoms with van der Waals surface area (Å²) in [6.45, 7) is 3.55. The number of carboxylic acids is 1. The summed E-state index contributed by atoms with van der Waals surface area (Å²) in [6.07, 6.45) is 1.02. The third-order valence-electron chi connectivity index (χ3n) is 2.58. The molecule has 0 bridgehead atoms. The maximum absolute atomic E-state index is 10.7. The van der Waals surface area contributed by atoms with Crippen molar-refractivity contribution in [1.29, 1.82) is 0 Å². The predicted molar refractivity (Wildman–Crippen MR) is 63.0 cm³/mol. The molecule has 1 aromatic rings. The quantitative estimate of drug-likeness (QED) is 0.854. The topological polar surface area (TPSA) is 57.5 Å². The minimum absolute atomic E-state index is 0.120. The van der Waals surface area contributed by atoms with Gasteiger partial charge in [0.05, 0.1) is 5.92 Å². The minimum atomic E-state index is -0.880. The molecule has 0 amide bonds. The van der Waals surface area contributed by atoms with E-state index in [2.05, 4.69) is 0 Å². The number of aryl methyl sites for hydroxylation is 1. The summed E-state index contributed by atoms with van der Waals surface area (Å²) in [5, 5.41) is 19.1. The highest BCUT2D eigenvalue weighted by molar-refractivity contribution is 6.31. The van der Waals surface area contributed by atoms with Crippen molar-refractivity contribution in [3.05, 3.63) is 28.3 Å². The Morgan fingerprint density at radius 2 is 2.06 bits per heavy atom. The Hall–Kier alpha value is -1.22. The number of hydrogen-bond acceptors (Lipinski definition) is 2. The molecule has 3 nitrogen and oxygen atoms in total. The van der Waals surface area contributed by atoms with Gasteiger partial charge in [0, 0.05) is 5.02 Å². The highest BCUT2D eigenvalue weighted by Crippen LogP contribution is 2.28. The molecule has 88 valence electrons. The number of phenolic OH excluding ortho intramolecular Hbond substituents is 1. The van der Waals surface area contributed by atoms with Gasteiger partial charge in [0.25, 0.3) is 0 Å². The van der Waals surface area contributed by atoms with Gasteiger partial charge in [-0.05, 0) is 36.1 Å². The molecule has 16 heavy (non-hydrogen) atoms. The van der Waals surface area contributed by atoms with Crippen LogP contribution in [-0.4, -0.2) is 16.2 Å². The molecule has 0 heterocycles. The summed E-state index contributed by atoms with van der Waals surface area (Å²) < 4.78 is 0. The number of benzene rings is 1. The van der Waals surface area contributed by atoms with Crippen molar-refractivity contribution in [2.24, 2.45) is 5.92 Å². The number of rotatable bonds is 4. The highest BCUT2D eigenvalue weighted by atomic mass is 35.5. The van der Waals surface area contributed by atoms with Gasteiger partial charge in [0.15, 0.2) is 0 Å². The Kier molecular flexibility index (Phi) is 4.19. The second-order valence-corrected chi connectivity index (χ2v) is 4.28. The standard InChI is InChI=1S/C12H15ClO3/c1-3-8-6-11(14)9(5-10(8)13)4-7(2)12(15)16/h5-7,14H,3-4H2,1-2H3,(H,15,16). The lowest BCUT2D eigenvalue weighted by molar-refractivity contribution is -0.141. The van der Waals surface area contributed by atoms with Gasteiger partial charge in [-0.25, -0.2) is 0 Å². The molecule has 0 saturated heterocycles.